The third-order valence-corrected chi connectivity index (χ3v) is 6.19. The van der Waals surface area contributed by atoms with E-state index < -0.39 is 16.2 Å². The molecule has 0 bridgehead atoms. The molecule has 3 aromatic heterocycles. The van der Waals surface area contributed by atoms with Gasteiger partial charge in [-0.1, -0.05) is 16.8 Å². The van der Waals surface area contributed by atoms with Gasteiger partial charge in [-0.15, -0.1) is 0 Å². The lowest BCUT2D eigenvalue weighted by Gasteiger charge is -2.29. The number of nitrogens with zero attached hydrogens (tertiary/aromatic N) is 4. The number of fused-ring (bicyclic) bond motifs is 2. The molecule has 30 heavy (non-hydrogen) atoms. The van der Waals surface area contributed by atoms with Gasteiger partial charge in [0.1, 0.15) is 17.5 Å². The van der Waals surface area contributed by atoms with Crippen LogP contribution in [0.25, 0.3) is 11.0 Å². The highest BCUT2D eigenvalue weighted by Crippen LogP contribution is 2.34. The largest absolute Gasteiger partial charge is 0.446 e. The number of hydrogen-bond donors (Lipinski definition) is 2. The van der Waals surface area contributed by atoms with Crippen molar-refractivity contribution >= 4 is 56.2 Å². The molecule has 4 heterocycles. The summed E-state index contributed by atoms with van der Waals surface area (Å²) in [5, 5.41) is 3.73. The minimum atomic E-state index is -4.00. The summed E-state index contributed by atoms with van der Waals surface area (Å²) in [6, 6.07) is 8.42. The molecule has 0 saturated heterocycles. The Kier molecular flexibility index (Phi) is 4.24. The molecular weight excluding hydrogens is 432 g/mol. The smallest absolute Gasteiger partial charge is 0.280 e. The van der Waals surface area contributed by atoms with E-state index in [0.717, 1.165) is 11.3 Å². The Morgan fingerprint density at radius 3 is 2.77 bits per heavy atom. The molecule has 12 heteroatoms. The number of nitrogens with one attached hydrogen (secondary N) is 1. The van der Waals surface area contributed by atoms with E-state index in [1.807, 2.05) is 0 Å². The van der Waals surface area contributed by atoms with Gasteiger partial charge >= 0.3 is 0 Å². The lowest BCUT2D eigenvalue weighted by atomic mass is 10.2. The number of sulfonamides is 1. The van der Waals surface area contributed by atoms with Crippen LogP contribution in [0.1, 0.15) is 11.7 Å². The summed E-state index contributed by atoms with van der Waals surface area (Å²) < 4.78 is 38.4. The first-order valence-electron chi connectivity index (χ1n) is 8.61. The maximum atomic E-state index is 12.8. The van der Waals surface area contributed by atoms with Gasteiger partial charge in [-0.25, -0.2) is 9.98 Å². The van der Waals surface area contributed by atoms with Gasteiger partial charge in [-0.2, -0.15) is 8.42 Å². The van der Waals surface area contributed by atoms with E-state index in [1.165, 1.54) is 18.7 Å². The molecule has 1 atom stereocenters. The number of hydrogen-bond acceptors (Lipinski definition) is 9. The second kappa shape index (κ2) is 6.83. The van der Waals surface area contributed by atoms with Gasteiger partial charge < -0.3 is 19.6 Å². The van der Waals surface area contributed by atoms with Crippen molar-refractivity contribution in [1.82, 2.24) is 10.1 Å². The first kappa shape index (κ1) is 18.6. The van der Waals surface area contributed by atoms with Crippen molar-refractivity contribution < 1.29 is 17.4 Å². The minimum absolute atomic E-state index is 0.152. The van der Waals surface area contributed by atoms with Crippen LogP contribution in [0.15, 0.2) is 67.9 Å². The zero-order chi connectivity index (χ0) is 20.9. The van der Waals surface area contributed by atoms with Crippen molar-refractivity contribution in [3.63, 3.8) is 0 Å². The van der Waals surface area contributed by atoms with E-state index in [-0.39, 0.29) is 21.0 Å². The van der Waals surface area contributed by atoms with Gasteiger partial charge in [-0.3, -0.25) is 4.72 Å². The standard InChI is InChI=1S/C18H13ClN6O4S/c19-14-8-21-18(13-7-23-29-15(13)14)30(26,27)24-10-1-3-11(4-2-10)25-9-22-17-12(16(25)20)5-6-28-17/h1-9,16,24H,20H2. The van der Waals surface area contributed by atoms with E-state index in [0.29, 0.717) is 11.6 Å². The SMILES string of the molecule is NC1c2ccoc2N=CN1c1ccc(NS(=O)(=O)c2ncc(Cl)c3oncc23)cc1. The maximum absolute atomic E-state index is 12.8. The van der Waals surface area contributed by atoms with Crippen LogP contribution in [-0.2, 0) is 10.0 Å². The Morgan fingerprint density at radius 1 is 1.17 bits per heavy atom. The Hall–Kier alpha value is -3.41. The minimum Gasteiger partial charge on any atom is -0.446 e. The lowest BCUT2D eigenvalue weighted by Crippen LogP contribution is -2.35. The molecule has 5 rings (SSSR count). The molecule has 0 fully saturated rings. The predicted molar refractivity (Wildman–Crippen MR) is 110 cm³/mol. The molecule has 0 saturated carbocycles. The molecular formula is C18H13ClN6O4S. The highest BCUT2D eigenvalue weighted by molar-refractivity contribution is 7.92. The monoisotopic (exact) mass is 444 g/mol. The van der Waals surface area contributed by atoms with Gasteiger partial charge in [-0.05, 0) is 30.3 Å². The zero-order valence-electron chi connectivity index (χ0n) is 15.1. The molecule has 1 aromatic carbocycles. The molecule has 0 radical (unpaired) electrons. The molecule has 0 spiro atoms. The summed E-state index contributed by atoms with van der Waals surface area (Å²) in [6.45, 7) is 0. The van der Waals surface area contributed by atoms with Crippen LogP contribution < -0.4 is 15.4 Å². The molecule has 1 aliphatic heterocycles. The predicted octanol–water partition coefficient (Wildman–Crippen LogP) is 3.41. The van der Waals surface area contributed by atoms with Crippen LogP contribution in [0.2, 0.25) is 5.02 Å². The summed E-state index contributed by atoms with van der Waals surface area (Å²) >= 11 is 5.97. The van der Waals surface area contributed by atoms with Crippen molar-refractivity contribution in [2.24, 2.45) is 10.7 Å². The highest BCUT2D eigenvalue weighted by atomic mass is 35.5. The molecule has 4 aromatic rings. The first-order chi connectivity index (χ1) is 14.4. The van der Waals surface area contributed by atoms with Crippen molar-refractivity contribution in [2.45, 2.75) is 11.2 Å². The van der Waals surface area contributed by atoms with Crippen LogP contribution >= 0.6 is 11.6 Å². The van der Waals surface area contributed by atoms with Gasteiger partial charge in [0.2, 0.25) is 5.88 Å². The average molecular weight is 445 g/mol. The molecule has 1 aliphatic rings. The van der Waals surface area contributed by atoms with E-state index in [9.17, 15) is 8.42 Å². The summed E-state index contributed by atoms with van der Waals surface area (Å²) in [4.78, 5) is 9.90. The quantitative estimate of drug-likeness (QED) is 0.488. The molecule has 0 aliphatic carbocycles. The normalized spacial score (nSPS) is 16.1. The molecule has 3 N–H and O–H groups in total. The van der Waals surface area contributed by atoms with Crippen LogP contribution in [0.5, 0.6) is 0 Å². The molecule has 10 nitrogen and oxygen atoms in total. The number of pyridine rings is 1. The fourth-order valence-electron chi connectivity index (χ4n) is 3.13. The fraction of sp³-hybridized carbons (Fsp3) is 0.0556. The van der Waals surface area contributed by atoms with E-state index in [2.05, 4.69) is 19.9 Å². The van der Waals surface area contributed by atoms with Crippen molar-refractivity contribution in [3.8, 4) is 0 Å². The summed E-state index contributed by atoms with van der Waals surface area (Å²) in [6.07, 6.45) is 5.08. The average Bonchev–Trinajstić information content (AvgIpc) is 3.39. The van der Waals surface area contributed by atoms with Crippen molar-refractivity contribution in [2.75, 3.05) is 9.62 Å². The van der Waals surface area contributed by atoms with Crippen molar-refractivity contribution in [1.29, 1.82) is 0 Å². The number of aromatic nitrogens is 2. The second-order valence-corrected chi connectivity index (χ2v) is 8.41. The topological polar surface area (TPSA) is 140 Å². The zero-order valence-corrected chi connectivity index (χ0v) is 16.6. The Bertz CT molecular complexity index is 1380. The number of aliphatic imine (C=N–C) groups is 1. The summed E-state index contributed by atoms with van der Waals surface area (Å²) in [7, 11) is -4.00. The van der Waals surface area contributed by atoms with Crippen molar-refractivity contribution in [3.05, 3.63) is 59.6 Å². The summed E-state index contributed by atoms with van der Waals surface area (Å²) in [5.74, 6) is 0.471. The Labute approximate surface area is 175 Å². The van der Waals surface area contributed by atoms with Gasteiger partial charge in [0.15, 0.2) is 10.6 Å². The number of anilines is 2. The number of halogens is 1. The van der Waals surface area contributed by atoms with Gasteiger partial charge in [0.05, 0.1) is 29.6 Å². The molecule has 0 amide bonds. The van der Waals surface area contributed by atoms with Crippen LogP contribution in [-0.4, -0.2) is 24.9 Å². The van der Waals surface area contributed by atoms with Crippen LogP contribution in [0.3, 0.4) is 0 Å². The molecule has 1 unspecified atom stereocenters. The van der Waals surface area contributed by atoms with Gasteiger partial charge in [0, 0.05) is 11.4 Å². The molecule has 152 valence electrons. The fourth-order valence-corrected chi connectivity index (χ4v) is 4.49. The van der Waals surface area contributed by atoms with E-state index in [4.69, 9.17) is 26.3 Å². The van der Waals surface area contributed by atoms with E-state index in [1.54, 1.807) is 41.6 Å². The first-order valence-corrected chi connectivity index (χ1v) is 10.5. The van der Waals surface area contributed by atoms with E-state index >= 15 is 0 Å². The lowest BCUT2D eigenvalue weighted by molar-refractivity contribution is 0.456. The second-order valence-electron chi connectivity index (χ2n) is 6.41. The number of nitrogens with two attached hydrogens (primary N) is 1. The van der Waals surface area contributed by atoms with Crippen LogP contribution in [0, 0.1) is 0 Å². The van der Waals surface area contributed by atoms with Crippen LogP contribution in [0.4, 0.5) is 17.3 Å². The maximum Gasteiger partial charge on any atom is 0.280 e. The third kappa shape index (κ3) is 3.00. The summed E-state index contributed by atoms with van der Waals surface area (Å²) in [5.41, 5.74) is 8.25. The highest BCUT2D eigenvalue weighted by Gasteiger charge is 2.25. The number of rotatable bonds is 4. The number of furan rings is 1. The third-order valence-electron chi connectivity index (χ3n) is 4.58. The Morgan fingerprint density at radius 2 is 1.97 bits per heavy atom. The van der Waals surface area contributed by atoms with Gasteiger partial charge in [0.25, 0.3) is 10.0 Å². The number of benzene rings is 1. The Balaban J connectivity index is 1.41.